The van der Waals surface area contributed by atoms with E-state index in [1.165, 1.54) is 23.1 Å². The first kappa shape index (κ1) is 25.6. The maximum Gasteiger partial charge on any atom is 0.329 e. The Kier molecular flexibility index (Phi) is 6.87. The number of hydrogen-bond acceptors (Lipinski definition) is 6. The van der Waals surface area contributed by atoms with E-state index in [0.29, 0.717) is 30.5 Å². The quantitative estimate of drug-likeness (QED) is 0.587. The molecule has 2 bridgehead atoms. The normalized spacial score (nSPS) is 33.7. The van der Waals surface area contributed by atoms with Crippen LogP contribution in [-0.4, -0.2) is 75.2 Å². The van der Waals surface area contributed by atoms with Crippen molar-refractivity contribution in [1.29, 1.82) is 0 Å². The predicted molar refractivity (Wildman–Crippen MR) is 138 cm³/mol. The number of hydrogen-bond donors (Lipinski definition) is 1. The molecule has 1 N–H and O–H groups in total. The first-order chi connectivity index (χ1) is 17.1. The van der Waals surface area contributed by atoms with Crippen molar-refractivity contribution in [3.8, 4) is 0 Å². The van der Waals surface area contributed by atoms with E-state index < -0.39 is 24.1 Å². The highest BCUT2D eigenvalue weighted by molar-refractivity contribution is 7.99. The summed E-state index contributed by atoms with van der Waals surface area (Å²) < 4.78 is 6.13. The number of esters is 1. The number of likely N-dealkylation sites (tertiary alicyclic amines) is 1. The van der Waals surface area contributed by atoms with Crippen LogP contribution in [0.5, 0.6) is 0 Å². The fourth-order valence-electron chi connectivity index (χ4n) is 6.97. The van der Waals surface area contributed by atoms with E-state index in [1.54, 1.807) is 4.90 Å². The molecule has 2 aliphatic carbocycles. The highest BCUT2D eigenvalue weighted by Crippen LogP contribution is 2.66. The third kappa shape index (κ3) is 4.24. The smallest absolute Gasteiger partial charge is 0.329 e. The van der Waals surface area contributed by atoms with Crippen LogP contribution in [0.3, 0.4) is 0 Å². The molecule has 196 valence electrons. The zero-order valence-electron chi connectivity index (χ0n) is 21.5. The number of aliphatic hydroxyl groups is 1. The number of thioether (sulfide) groups is 1. The van der Waals surface area contributed by atoms with Gasteiger partial charge in [0.15, 0.2) is 0 Å². The Labute approximate surface area is 217 Å². The number of fused-ring (bicyclic) bond motifs is 2. The topological polar surface area (TPSA) is 87.2 Å². The average molecular weight is 515 g/mol. The average Bonchev–Trinajstić information content (AvgIpc) is 3.61. The van der Waals surface area contributed by atoms with Crippen LogP contribution in [0.4, 0.5) is 0 Å². The van der Waals surface area contributed by atoms with E-state index in [4.69, 9.17) is 4.74 Å². The van der Waals surface area contributed by atoms with Gasteiger partial charge in [-0.25, -0.2) is 4.79 Å². The van der Waals surface area contributed by atoms with Gasteiger partial charge < -0.3 is 19.6 Å². The molecule has 0 radical (unpaired) electrons. The molecule has 7 nitrogen and oxygen atoms in total. The van der Waals surface area contributed by atoms with Crippen molar-refractivity contribution in [3.05, 3.63) is 35.9 Å². The summed E-state index contributed by atoms with van der Waals surface area (Å²) in [5, 5.41) is 10.6. The van der Waals surface area contributed by atoms with Crippen molar-refractivity contribution in [2.24, 2.45) is 16.7 Å². The van der Waals surface area contributed by atoms with Crippen LogP contribution in [0.1, 0.15) is 58.4 Å². The minimum Gasteiger partial charge on any atom is -0.460 e. The molecule has 8 heteroatoms. The molecule has 4 aliphatic rings. The Morgan fingerprint density at radius 3 is 2.53 bits per heavy atom. The Hall–Kier alpha value is -2.06. The minimum absolute atomic E-state index is 0.0268. The van der Waals surface area contributed by atoms with Gasteiger partial charge in [0, 0.05) is 24.1 Å². The van der Waals surface area contributed by atoms with Crippen LogP contribution in [0.15, 0.2) is 30.3 Å². The molecule has 6 atom stereocenters. The fourth-order valence-corrected chi connectivity index (χ4v) is 8.13. The number of benzene rings is 1. The second kappa shape index (κ2) is 9.67. The van der Waals surface area contributed by atoms with E-state index in [1.807, 2.05) is 30.3 Å². The third-order valence-corrected chi connectivity index (χ3v) is 10.8. The second-order valence-corrected chi connectivity index (χ2v) is 12.8. The van der Waals surface area contributed by atoms with E-state index in [9.17, 15) is 19.5 Å². The summed E-state index contributed by atoms with van der Waals surface area (Å²) in [5.41, 5.74) is 0.986. The van der Waals surface area contributed by atoms with Crippen molar-refractivity contribution in [2.75, 3.05) is 18.2 Å². The molecule has 0 spiro atoms. The number of ether oxygens (including phenoxy) is 1. The van der Waals surface area contributed by atoms with Gasteiger partial charge in [0.2, 0.25) is 5.91 Å². The lowest BCUT2D eigenvalue weighted by atomic mass is 9.70. The molecule has 0 aromatic heterocycles. The SMILES string of the molecule is CC1(C)C2CCC1(C)C(OC(=O)C1CCCN1C(=O)C1CSCN1C(=O)[C@@H](O)Cc1ccccc1)C2. The Morgan fingerprint density at radius 1 is 1.11 bits per heavy atom. The lowest BCUT2D eigenvalue weighted by Crippen LogP contribution is -2.54. The van der Waals surface area contributed by atoms with E-state index in [-0.39, 0.29) is 35.2 Å². The largest absolute Gasteiger partial charge is 0.460 e. The third-order valence-electron chi connectivity index (χ3n) is 9.79. The summed E-state index contributed by atoms with van der Waals surface area (Å²) in [6, 6.07) is 8.11. The highest BCUT2D eigenvalue weighted by Gasteiger charge is 2.63. The molecular formula is C28H38N2O5S. The van der Waals surface area contributed by atoms with Crippen LogP contribution < -0.4 is 0 Å². The Bertz CT molecular complexity index is 1020. The monoisotopic (exact) mass is 514 g/mol. The van der Waals surface area contributed by atoms with Crippen molar-refractivity contribution < 1.29 is 24.2 Å². The van der Waals surface area contributed by atoms with Gasteiger partial charge in [0.1, 0.15) is 24.3 Å². The van der Waals surface area contributed by atoms with Crippen LogP contribution in [-0.2, 0) is 25.5 Å². The predicted octanol–water partition coefficient (Wildman–Crippen LogP) is 3.24. The summed E-state index contributed by atoms with van der Waals surface area (Å²) in [4.78, 5) is 43.2. The highest BCUT2D eigenvalue weighted by atomic mass is 32.2. The maximum atomic E-state index is 13.6. The lowest BCUT2D eigenvalue weighted by Gasteiger charge is -2.39. The van der Waals surface area contributed by atoms with Gasteiger partial charge in [-0.1, -0.05) is 51.1 Å². The van der Waals surface area contributed by atoms with Crippen LogP contribution >= 0.6 is 11.8 Å². The van der Waals surface area contributed by atoms with E-state index >= 15 is 0 Å². The summed E-state index contributed by atoms with van der Waals surface area (Å²) in [5.74, 6) is 0.456. The minimum atomic E-state index is -1.21. The van der Waals surface area contributed by atoms with Gasteiger partial charge in [0.25, 0.3) is 5.91 Å². The van der Waals surface area contributed by atoms with Gasteiger partial charge in [-0.15, -0.1) is 11.8 Å². The number of amides is 2. The first-order valence-electron chi connectivity index (χ1n) is 13.2. The van der Waals surface area contributed by atoms with E-state index in [0.717, 1.165) is 24.8 Å². The second-order valence-electron chi connectivity index (χ2n) is 11.8. The molecule has 1 aromatic rings. The van der Waals surface area contributed by atoms with Crippen molar-refractivity contribution >= 4 is 29.5 Å². The van der Waals surface area contributed by atoms with E-state index in [2.05, 4.69) is 20.8 Å². The molecule has 2 heterocycles. The van der Waals surface area contributed by atoms with Gasteiger partial charge in [-0.05, 0) is 49.0 Å². The molecule has 2 saturated carbocycles. The maximum absolute atomic E-state index is 13.6. The first-order valence-corrected chi connectivity index (χ1v) is 14.4. The van der Waals surface area contributed by atoms with Crippen molar-refractivity contribution in [3.63, 3.8) is 0 Å². The molecule has 2 amide bonds. The molecule has 5 rings (SSSR count). The number of rotatable bonds is 6. The molecule has 4 fully saturated rings. The Morgan fingerprint density at radius 2 is 1.86 bits per heavy atom. The van der Waals surface area contributed by atoms with Crippen molar-refractivity contribution in [1.82, 2.24) is 9.80 Å². The molecule has 36 heavy (non-hydrogen) atoms. The van der Waals surface area contributed by atoms with Crippen LogP contribution in [0.2, 0.25) is 0 Å². The van der Waals surface area contributed by atoms with Gasteiger partial charge in [-0.3, -0.25) is 9.59 Å². The fraction of sp³-hybridized carbons (Fsp3) is 0.679. The summed E-state index contributed by atoms with van der Waals surface area (Å²) in [7, 11) is 0. The van der Waals surface area contributed by atoms with Crippen molar-refractivity contribution in [2.45, 2.75) is 83.6 Å². The van der Waals surface area contributed by atoms with Gasteiger partial charge >= 0.3 is 5.97 Å². The lowest BCUT2D eigenvalue weighted by molar-refractivity contribution is -0.165. The summed E-state index contributed by atoms with van der Waals surface area (Å²) >= 11 is 1.50. The summed E-state index contributed by atoms with van der Waals surface area (Å²) in [6.07, 6.45) is 3.38. The Balaban J connectivity index is 1.24. The van der Waals surface area contributed by atoms with Gasteiger partial charge in [0.05, 0.1) is 5.88 Å². The number of aliphatic hydroxyl groups excluding tert-OH is 1. The van der Waals surface area contributed by atoms with Crippen LogP contribution in [0, 0.1) is 16.7 Å². The zero-order valence-corrected chi connectivity index (χ0v) is 22.3. The molecule has 5 unspecified atom stereocenters. The standard InChI is InChI=1S/C28H38N2O5S/c1-27(2)19-11-12-28(27,3)23(15-19)35-26(34)20-10-7-13-29(20)24(32)21-16-36-17-30(21)25(33)22(31)14-18-8-5-4-6-9-18/h4-6,8-9,19-23,31H,7,10-17H2,1-3H3/t19?,20?,21?,22-,23?,28?/m0/s1. The number of nitrogens with zero attached hydrogens (tertiary/aromatic N) is 2. The molecule has 2 aliphatic heterocycles. The number of carbonyl (C=O) groups is 3. The molecule has 1 aromatic carbocycles. The van der Waals surface area contributed by atoms with Gasteiger partial charge in [-0.2, -0.15) is 0 Å². The summed E-state index contributed by atoms with van der Waals surface area (Å²) in [6.45, 7) is 7.32. The number of carbonyl (C=O) groups excluding carboxylic acids is 3. The zero-order chi connectivity index (χ0) is 25.7. The van der Waals surface area contributed by atoms with Crippen LogP contribution in [0.25, 0.3) is 0 Å². The molecular weight excluding hydrogens is 476 g/mol. The molecule has 2 saturated heterocycles.